The molecule has 0 radical (unpaired) electrons. The van der Waals surface area contributed by atoms with E-state index in [1.54, 1.807) is 0 Å². The molecule has 0 amide bonds. The van der Waals surface area contributed by atoms with Gasteiger partial charge in [0.1, 0.15) is 0 Å². The molecule has 5 nitrogen and oxygen atoms in total. The van der Waals surface area contributed by atoms with E-state index in [9.17, 15) is 0 Å². The van der Waals surface area contributed by atoms with Gasteiger partial charge in [-0.3, -0.25) is 9.97 Å². The Morgan fingerprint density at radius 1 is 0.314 bits per heavy atom. The molecule has 11 rings (SSSR count). The van der Waals surface area contributed by atoms with Crippen LogP contribution in [0.25, 0.3) is 93.6 Å². The van der Waals surface area contributed by atoms with Crippen LogP contribution >= 0.6 is 0 Å². The van der Waals surface area contributed by atoms with Gasteiger partial charge in [0.2, 0.25) is 0 Å². The van der Waals surface area contributed by atoms with Crippen LogP contribution in [-0.4, -0.2) is 23.7 Å². The molecule has 11 aromatic rings. The Morgan fingerprint density at radius 2 is 0.725 bits per heavy atom. The Balaban J connectivity index is 1.27. The molecule has 238 valence electrons. The molecule has 51 heavy (non-hydrogen) atoms. The molecule has 0 unspecified atom stereocenters. The average molecular weight is 652 g/mol. The highest BCUT2D eigenvalue weighted by Crippen LogP contribution is 2.42. The summed E-state index contributed by atoms with van der Waals surface area (Å²) in [6, 6.07) is 54.9. The van der Waals surface area contributed by atoms with Gasteiger partial charge in [0.25, 0.3) is 0 Å². The first-order valence-electron chi connectivity index (χ1n) is 17.2. The lowest BCUT2D eigenvalue weighted by Crippen LogP contribution is -2.03. The fourth-order valence-electron chi connectivity index (χ4n) is 8.32. The van der Waals surface area contributed by atoms with E-state index in [1.807, 2.05) is 24.8 Å². The van der Waals surface area contributed by atoms with E-state index in [1.165, 1.54) is 43.6 Å². The van der Waals surface area contributed by atoms with E-state index in [0.717, 1.165) is 50.0 Å². The van der Waals surface area contributed by atoms with Crippen LogP contribution < -0.4 is 0 Å². The summed E-state index contributed by atoms with van der Waals surface area (Å²) in [6.45, 7) is 0. The molecule has 0 saturated heterocycles. The first-order chi connectivity index (χ1) is 25.3. The minimum Gasteiger partial charge on any atom is -0.309 e. The highest BCUT2D eigenvalue weighted by atomic mass is 15.0. The second kappa shape index (κ2) is 10.8. The summed E-state index contributed by atoms with van der Waals surface area (Å²) < 4.78 is 7.22. The summed E-state index contributed by atoms with van der Waals surface area (Å²) in [4.78, 5) is 8.97. The van der Waals surface area contributed by atoms with Crippen molar-refractivity contribution < 1.29 is 0 Å². The van der Waals surface area contributed by atoms with Gasteiger partial charge in [0.05, 0.1) is 44.5 Å². The van der Waals surface area contributed by atoms with Gasteiger partial charge < -0.3 is 13.7 Å². The predicted octanol–water partition coefficient (Wildman–Crippen LogP) is 11.4. The van der Waals surface area contributed by atoms with Crippen molar-refractivity contribution in [3.8, 4) is 28.2 Å². The maximum atomic E-state index is 4.49. The Kier molecular flexibility index (Phi) is 5.89. The largest absolute Gasteiger partial charge is 0.309 e. The van der Waals surface area contributed by atoms with E-state index in [0.29, 0.717) is 0 Å². The van der Waals surface area contributed by atoms with Crippen molar-refractivity contribution in [1.82, 2.24) is 23.7 Å². The lowest BCUT2D eigenvalue weighted by Gasteiger charge is -2.20. The number of pyridine rings is 2. The van der Waals surface area contributed by atoms with E-state index < -0.39 is 0 Å². The van der Waals surface area contributed by atoms with Crippen LogP contribution in [0.4, 0.5) is 0 Å². The van der Waals surface area contributed by atoms with Gasteiger partial charge in [-0.25, -0.2) is 0 Å². The van der Waals surface area contributed by atoms with Crippen LogP contribution in [0, 0.1) is 0 Å². The minimum absolute atomic E-state index is 1.08. The molecule has 0 aliphatic carbocycles. The molecule has 0 N–H and O–H groups in total. The SMILES string of the molecule is c1ccc(-n2c3ccncc3c3cnccc32)c(-c2ccc(-n3c4ccccc4c4ccccc43)cc2-n2c3ccccc3c3ccccc32)c1. The van der Waals surface area contributed by atoms with Gasteiger partial charge in [-0.1, -0.05) is 97.1 Å². The summed E-state index contributed by atoms with van der Waals surface area (Å²) in [7, 11) is 0. The Hall–Kier alpha value is -6.98. The number of hydrogen-bond acceptors (Lipinski definition) is 2. The molecule has 0 atom stereocenters. The summed E-state index contributed by atoms with van der Waals surface area (Å²) in [5.41, 5.74) is 12.5. The molecule has 0 aliphatic rings. The van der Waals surface area contributed by atoms with Crippen LogP contribution in [0.15, 0.2) is 176 Å². The maximum Gasteiger partial charge on any atom is 0.0572 e. The van der Waals surface area contributed by atoms with Gasteiger partial charge in [-0.2, -0.15) is 0 Å². The van der Waals surface area contributed by atoms with Crippen LogP contribution in [0.1, 0.15) is 0 Å². The van der Waals surface area contributed by atoms with E-state index in [-0.39, 0.29) is 0 Å². The molecule has 0 spiro atoms. The number of aromatic nitrogens is 5. The van der Waals surface area contributed by atoms with Gasteiger partial charge in [-0.05, 0) is 54.6 Å². The van der Waals surface area contributed by atoms with Gasteiger partial charge in [0.15, 0.2) is 0 Å². The minimum atomic E-state index is 1.08. The Bertz CT molecular complexity index is 3000. The number of benzene rings is 6. The summed E-state index contributed by atoms with van der Waals surface area (Å²) >= 11 is 0. The summed E-state index contributed by atoms with van der Waals surface area (Å²) in [5.74, 6) is 0. The second-order valence-corrected chi connectivity index (χ2v) is 13.1. The molecule has 0 aliphatic heterocycles. The van der Waals surface area contributed by atoms with Crippen LogP contribution in [0.3, 0.4) is 0 Å². The third kappa shape index (κ3) is 3.97. The number of hydrogen-bond donors (Lipinski definition) is 0. The first kappa shape index (κ1) is 27.9. The number of para-hydroxylation sites is 5. The quantitative estimate of drug-likeness (QED) is 0.190. The molecule has 5 aromatic heterocycles. The number of rotatable bonds is 4. The van der Waals surface area contributed by atoms with E-state index in [2.05, 4.69) is 175 Å². The normalized spacial score (nSPS) is 11.9. The van der Waals surface area contributed by atoms with Gasteiger partial charge in [-0.15, -0.1) is 0 Å². The van der Waals surface area contributed by atoms with Gasteiger partial charge in [0, 0.05) is 73.9 Å². The highest BCUT2D eigenvalue weighted by molar-refractivity contribution is 6.12. The number of fused-ring (bicyclic) bond motifs is 9. The average Bonchev–Trinajstić information content (AvgIpc) is 3.84. The fourth-order valence-corrected chi connectivity index (χ4v) is 8.32. The smallest absolute Gasteiger partial charge is 0.0572 e. The van der Waals surface area contributed by atoms with Crippen LogP contribution in [0.5, 0.6) is 0 Å². The summed E-state index contributed by atoms with van der Waals surface area (Å²) in [6.07, 6.45) is 7.64. The van der Waals surface area contributed by atoms with Crippen molar-refractivity contribution >= 4 is 65.4 Å². The monoisotopic (exact) mass is 651 g/mol. The van der Waals surface area contributed by atoms with Gasteiger partial charge >= 0.3 is 0 Å². The topological polar surface area (TPSA) is 40.6 Å². The Morgan fingerprint density at radius 3 is 1.27 bits per heavy atom. The lowest BCUT2D eigenvalue weighted by atomic mass is 10.00. The highest BCUT2D eigenvalue weighted by Gasteiger charge is 2.21. The maximum absolute atomic E-state index is 4.49. The zero-order valence-electron chi connectivity index (χ0n) is 27.5. The summed E-state index contributed by atoms with van der Waals surface area (Å²) in [5, 5.41) is 7.13. The van der Waals surface area contributed by atoms with Crippen molar-refractivity contribution in [2.45, 2.75) is 0 Å². The van der Waals surface area contributed by atoms with Crippen molar-refractivity contribution in [2.75, 3.05) is 0 Å². The second-order valence-electron chi connectivity index (χ2n) is 13.1. The molecular formula is C46H29N5. The molecule has 0 bridgehead atoms. The van der Waals surface area contributed by atoms with Crippen LogP contribution in [-0.2, 0) is 0 Å². The third-order valence-electron chi connectivity index (χ3n) is 10.4. The van der Waals surface area contributed by atoms with E-state index >= 15 is 0 Å². The first-order valence-corrected chi connectivity index (χ1v) is 17.2. The van der Waals surface area contributed by atoms with Crippen molar-refractivity contribution in [2.24, 2.45) is 0 Å². The van der Waals surface area contributed by atoms with Crippen molar-refractivity contribution in [1.29, 1.82) is 0 Å². The van der Waals surface area contributed by atoms with E-state index in [4.69, 9.17) is 0 Å². The fraction of sp³-hybridized carbons (Fsp3) is 0. The molecule has 5 heteroatoms. The predicted molar refractivity (Wildman–Crippen MR) is 210 cm³/mol. The molecule has 6 aromatic carbocycles. The lowest BCUT2D eigenvalue weighted by molar-refractivity contribution is 1.13. The molecule has 0 fully saturated rings. The Labute approximate surface area is 292 Å². The number of nitrogens with zero attached hydrogens (tertiary/aromatic N) is 5. The standard InChI is InChI=1S/C46H29N5/c1-6-16-39-31(11-1)32-12-2-7-17-40(32)49(39)30-21-22-36(46(27-30)51-42-19-9-3-13-33(42)34-14-4-10-20-43(34)51)35-15-5-8-18-41(35)50-44-23-25-47-28-37(44)38-29-48-26-24-45(38)50/h1-29H. The molecule has 0 saturated carbocycles. The zero-order valence-corrected chi connectivity index (χ0v) is 27.5. The van der Waals surface area contributed by atoms with Crippen molar-refractivity contribution in [3.05, 3.63) is 176 Å². The third-order valence-corrected chi connectivity index (χ3v) is 10.4. The molecular weight excluding hydrogens is 623 g/mol. The van der Waals surface area contributed by atoms with Crippen LogP contribution in [0.2, 0.25) is 0 Å². The zero-order chi connectivity index (χ0) is 33.5. The molecule has 5 heterocycles. The van der Waals surface area contributed by atoms with Crippen molar-refractivity contribution in [3.63, 3.8) is 0 Å².